The van der Waals surface area contributed by atoms with Crippen molar-refractivity contribution in [3.8, 4) is 11.1 Å². The lowest BCUT2D eigenvalue weighted by molar-refractivity contribution is -0.137. The summed E-state index contributed by atoms with van der Waals surface area (Å²) in [6.07, 6.45) is 5.60. The van der Waals surface area contributed by atoms with Crippen molar-refractivity contribution in [1.29, 1.82) is 0 Å². The standard InChI is InChI=1S/C32H34F3N3O3/c33-32(34,35)27-5-1-3-24(18-27)28(39)7-9-30(40)38-16-12-23(21-38)17-22-10-13-31(41,14-11-22)29-8-6-26(20-37-29)25-4-2-15-36-19-25/h1-6,8,15,18-20,22-23,41H,7,9-14,16-17,21H2/t22?,23-,31?/m1/s1. The zero-order valence-corrected chi connectivity index (χ0v) is 22.8. The molecule has 1 saturated carbocycles. The molecule has 1 aromatic carbocycles. The molecule has 6 nitrogen and oxygen atoms in total. The minimum atomic E-state index is -4.52. The SMILES string of the molecule is O=C(CCC(=O)N1CC[C@H](CC2CCC(O)(c3ccc(-c4cccnc4)cn3)CC2)C1)c1cccc(C(F)(F)F)c1. The van der Waals surface area contributed by atoms with Crippen molar-refractivity contribution in [2.75, 3.05) is 13.1 Å². The molecule has 0 bridgehead atoms. The van der Waals surface area contributed by atoms with Gasteiger partial charge in [-0.2, -0.15) is 13.2 Å². The van der Waals surface area contributed by atoms with Crippen LogP contribution in [0.1, 0.15) is 73.0 Å². The molecule has 5 rings (SSSR count). The summed E-state index contributed by atoms with van der Waals surface area (Å²) in [5, 5.41) is 11.3. The van der Waals surface area contributed by atoms with Crippen molar-refractivity contribution in [3.05, 3.63) is 83.9 Å². The normalized spacial score (nSPS) is 23.0. The van der Waals surface area contributed by atoms with Crippen molar-refractivity contribution in [2.24, 2.45) is 11.8 Å². The molecular formula is C32H34F3N3O3. The number of Topliss-reactive ketones (excluding diaryl/α,β-unsaturated/α-hetero) is 1. The number of hydrogen-bond acceptors (Lipinski definition) is 5. The number of carbonyl (C=O) groups excluding carboxylic acids is 2. The van der Waals surface area contributed by atoms with Gasteiger partial charge in [0.05, 0.1) is 11.3 Å². The van der Waals surface area contributed by atoms with Crippen LogP contribution in [0.3, 0.4) is 0 Å². The van der Waals surface area contributed by atoms with E-state index in [-0.39, 0.29) is 24.3 Å². The summed E-state index contributed by atoms with van der Waals surface area (Å²) in [6.45, 7) is 1.26. The third-order valence-corrected chi connectivity index (χ3v) is 8.55. The van der Waals surface area contributed by atoms with E-state index >= 15 is 0 Å². The van der Waals surface area contributed by atoms with E-state index in [0.717, 1.165) is 48.9 Å². The van der Waals surface area contributed by atoms with Crippen molar-refractivity contribution in [1.82, 2.24) is 14.9 Å². The van der Waals surface area contributed by atoms with E-state index in [9.17, 15) is 27.9 Å². The Bertz CT molecular complexity index is 1350. The lowest BCUT2D eigenvalue weighted by Crippen LogP contribution is -2.33. The van der Waals surface area contributed by atoms with Crippen molar-refractivity contribution >= 4 is 11.7 Å². The summed E-state index contributed by atoms with van der Waals surface area (Å²) in [4.78, 5) is 35.7. The monoisotopic (exact) mass is 565 g/mol. The van der Waals surface area contributed by atoms with Gasteiger partial charge in [0.15, 0.2) is 5.78 Å². The number of halogens is 3. The number of aromatic nitrogens is 2. The molecule has 1 N–H and O–H groups in total. The van der Waals surface area contributed by atoms with Gasteiger partial charge in [-0.3, -0.25) is 19.6 Å². The van der Waals surface area contributed by atoms with Crippen LogP contribution in [0.2, 0.25) is 0 Å². The lowest BCUT2D eigenvalue weighted by atomic mass is 9.74. The summed E-state index contributed by atoms with van der Waals surface area (Å²) >= 11 is 0. The van der Waals surface area contributed by atoms with Crippen molar-refractivity contribution < 1.29 is 27.9 Å². The Morgan fingerprint density at radius 1 is 0.951 bits per heavy atom. The van der Waals surface area contributed by atoms with Gasteiger partial charge in [-0.25, -0.2) is 0 Å². The zero-order chi connectivity index (χ0) is 29.0. The molecule has 2 fully saturated rings. The summed E-state index contributed by atoms with van der Waals surface area (Å²) in [5.41, 5.74) is 0.805. The van der Waals surface area contributed by atoms with Gasteiger partial charge in [0.1, 0.15) is 5.60 Å². The second-order valence-corrected chi connectivity index (χ2v) is 11.4. The number of nitrogens with zero attached hydrogens (tertiary/aromatic N) is 3. The number of alkyl halides is 3. The van der Waals surface area contributed by atoms with E-state index in [0.29, 0.717) is 43.5 Å². The summed E-state index contributed by atoms with van der Waals surface area (Å²) in [6, 6.07) is 12.1. The fraction of sp³-hybridized carbons (Fsp3) is 0.438. The van der Waals surface area contributed by atoms with E-state index in [2.05, 4.69) is 9.97 Å². The minimum absolute atomic E-state index is 0.00909. The number of aliphatic hydroxyl groups is 1. The van der Waals surface area contributed by atoms with Gasteiger partial charge in [0, 0.05) is 61.2 Å². The van der Waals surface area contributed by atoms with Crippen LogP contribution in [0.4, 0.5) is 13.2 Å². The van der Waals surface area contributed by atoms with Crippen LogP contribution in [0.25, 0.3) is 11.1 Å². The van der Waals surface area contributed by atoms with E-state index in [1.54, 1.807) is 23.5 Å². The maximum absolute atomic E-state index is 12.9. The molecule has 1 atom stereocenters. The Kier molecular flexibility index (Phi) is 8.54. The Hall–Kier alpha value is -3.59. The molecule has 216 valence electrons. The molecule has 1 saturated heterocycles. The second kappa shape index (κ2) is 12.1. The first-order valence-corrected chi connectivity index (χ1v) is 14.2. The Balaban J connectivity index is 1.06. The topological polar surface area (TPSA) is 83.4 Å². The highest BCUT2D eigenvalue weighted by atomic mass is 19.4. The van der Waals surface area contributed by atoms with Gasteiger partial charge >= 0.3 is 6.18 Å². The first kappa shape index (κ1) is 28.9. The van der Waals surface area contributed by atoms with Crippen LogP contribution >= 0.6 is 0 Å². The average molecular weight is 566 g/mol. The average Bonchev–Trinajstić information content (AvgIpc) is 3.46. The van der Waals surface area contributed by atoms with E-state index in [4.69, 9.17) is 0 Å². The van der Waals surface area contributed by atoms with Crippen LogP contribution in [0.5, 0.6) is 0 Å². The third-order valence-electron chi connectivity index (χ3n) is 8.55. The molecule has 1 aliphatic heterocycles. The second-order valence-electron chi connectivity index (χ2n) is 11.4. The van der Waals surface area contributed by atoms with Crippen molar-refractivity contribution in [2.45, 2.75) is 63.1 Å². The van der Waals surface area contributed by atoms with Crippen LogP contribution in [-0.2, 0) is 16.6 Å². The molecule has 1 aliphatic carbocycles. The Morgan fingerprint density at radius 2 is 1.73 bits per heavy atom. The number of benzene rings is 1. The smallest absolute Gasteiger partial charge is 0.384 e. The van der Waals surface area contributed by atoms with Gasteiger partial charge in [0.25, 0.3) is 0 Å². The van der Waals surface area contributed by atoms with E-state index in [1.807, 2.05) is 24.3 Å². The molecule has 3 heterocycles. The molecular weight excluding hydrogens is 531 g/mol. The quantitative estimate of drug-likeness (QED) is 0.318. The third kappa shape index (κ3) is 7.01. The highest BCUT2D eigenvalue weighted by molar-refractivity contribution is 5.98. The van der Waals surface area contributed by atoms with Gasteiger partial charge in [-0.15, -0.1) is 0 Å². The highest BCUT2D eigenvalue weighted by Gasteiger charge is 2.38. The van der Waals surface area contributed by atoms with Crippen molar-refractivity contribution in [3.63, 3.8) is 0 Å². The molecule has 0 radical (unpaired) electrons. The number of hydrogen-bond donors (Lipinski definition) is 1. The number of rotatable bonds is 8. The van der Waals surface area contributed by atoms with Crippen LogP contribution in [0.15, 0.2) is 67.1 Å². The molecule has 2 aliphatic rings. The first-order chi connectivity index (χ1) is 19.6. The predicted molar refractivity (Wildman–Crippen MR) is 148 cm³/mol. The first-order valence-electron chi connectivity index (χ1n) is 14.2. The fourth-order valence-electron chi connectivity index (χ4n) is 6.14. The van der Waals surface area contributed by atoms with Crippen LogP contribution in [-0.4, -0.2) is 44.8 Å². The highest BCUT2D eigenvalue weighted by Crippen LogP contribution is 2.42. The lowest BCUT2D eigenvalue weighted by Gasteiger charge is -2.36. The largest absolute Gasteiger partial charge is 0.416 e. The molecule has 3 aromatic rings. The molecule has 0 unspecified atom stereocenters. The number of likely N-dealkylation sites (tertiary alicyclic amines) is 1. The van der Waals surface area contributed by atoms with Gasteiger partial charge in [0.2, 0.25) is 5.91 Å². The fourth-order valence-corrected chi connectivity index (χ4v) is 6.14. The van der Waals surface area contributed by atoms with Gasteiger partial charge < -0.3 is 10.0 Å². The predicted octanol–water partition coefficient (Wildman–Crippen LogP) is 6.44. The zero-order valence-electron chi connectivity index (χ0n) is 22.8. The number of ketones is 1. The Labute approximate surface area is 237 Å². The Morgan fingerprint density at radius 3 is 2.41 bits per heavy atom. The van der Waals surface area contributed by atoms with Crippen LogP contribution < -0.4 is 0 Å². The summed E-state index contributed by atoms with van der Waals surface area (Å²) in [5.74, 6) is 0.237. The molecule has 1 amide bonds. The summed E-state index contributed by atoms with van der Waals surface area (Å²) < 4.78 is 38.8. The molecule has 0 spiro atoms. The number of pyridine rings is 2. The molecule has 41 heavy (non-hydrogen) atoms. The van der Waals surface area contributed by atoms with E-state index < -0.39 is 23.1 Å². The number of amides is 1. The summed E-state index contributed by atoms with van der Waals surface area (Å²) in [7, 11) is 0. The maximum atomic E-state index is 12.9. The molecule has 9 heteroatoms. The molecule has 2 aromatic heterocycles. The van der Waals surface area contributed by atoms with E-state index in [1.165, 1.54) is 12.1 Å². The van der Waals surface area contributed by atoms with Gasteiger partial charge in [-0.05, 0) is 74.6 Å². The maximum Gasteiger partial charge on any atom is 0.416 e. The minimum Gasteiger partial charge on any atom is -0.384 e. The van der Waals surface area contributed by atoms with Crippen LogP contribution in [0, 0.1) is 11.8 Å². The van der Waals surface area contributed by atoms with Gasteiger partial charge in [-0.1, -0.05) is 24.3 Å². The number of carbonyl (C=O) groups is 2.